The first-order chi connectivity index (χ1) is 11.1. The van der Waals surface area contributed by atoms with Crippen LogP contribution in [0.2, 0.25) is 0 Å². The van der Waals surface area contributed by atoms with Crippen LogP contribution in [0.1, 0.15) is 35.3 Å². The van der Waals surface area contributed by atoms with Gasteiger partial charge in [-0.25, -0.2) is 4.39 Å². The van der Waals surface area contributed by atoms with Gasteiger partial charge in [0.25, 0.3) is 5.91 Å². The fraction of sp³-hybridized carbons (Fsp3) is 0.444. The second-order valence-electron chi connectivity index (χ2n) is 6.36. The monoisotopic (exact) mass is 314 g/mol. The average molecular weight is 314 g/mol. The molecule has 1 aromatic carbocycles. The van der Waals surface area contributed by atoms with Crippen LogP contribution in [0.4, 0.5) is 4.39 Å². The molecule has 4 rings (SSSR count). The lowest BCUT2D eigenvalue weighted by atomic mass is 10.1. The van der Waals surface area contributed by atoms with Crippen molar-refractivity contribution < 1.29 is 13.9 Å². The average Bonchev–Trinajstić information content (AvgIpc) is 3.02. The summed E-state index contributed by atoms with van der Waals surface area (Å²) in [6.45, 7) is 3.03. The van der Waals surface area contributed by atoms with E-state index in [9.17, 15) is 9.18 Å². The van der Waals surface area contributed by atoms with Gasteiger partial charge in [-0.3, -0.25) is 9.78 Å². The summed E-state index contributed by atoms with van der Waals surface area (Å²) in [5.41, 5.74) is 1.84. The number of rotatable bonds is 1. The molecule has 1 aliphatic carbocycles. The molecule has 1 aliphatic heterocycles. The molecular weight excluding hydrogens is 295 g/mol. The first kappa shape index (κ1) is 14.6. The molecule has 2 atom stereocenters. The van der Waals surface area contributed by atoms with Crippen molar-refractivity contribution in [2.45, 2.75) is 38.3 Å². The van der Waals surface area contributed by atoms with E-state index in [0.717, 1.165) is 24.6 Å². The van der Waals surface area contributed by atoms with Crippen molar-refractivity contribution in [1.29, 1.82) is 0 Å². The molecule has 1 aromatic heterocycles. The summed E-state index contributed by atoms with van der Waals surface area (Å²) in [6.07, 6.45) is 3.31. The van der Waals surface area contributed by atoms with Gasteiger partial charge < -0.3 is 9.64 Å². The standard InChI is InChI=1S/C18H19FN2O2/c1-11-14(9-12-5-6-13(19)10-15(12)20-11)18(22)21-7-8-23-17-4-2-3-16(17)21/h5-6,9-10,16-17H,2-4,7-8H2,1H3/t16-,17-/m0/s1. The van der Waals surface area contributed by atoms with E-state index in [-0.39, 0.29) is 23.9 Å². The van der Waals surface area contributed by atoms with E-state index in [4.69, 9.17) is 4.74 Å². The second kappa shape index (κ2) is 5.57. The summed E-state index contributed by atoms with van der Waals surface area (Å²) in [5, 5.41) is 0.789. The van der Waals surface area contributed by atoms with Gasteiger partial charge in [-0.05, 0) is 44.4 Å². The van der Waals surface area contributed by atoms with Crippen LogP contribution in [-0.4, -0.2) is 41.1 Å². The smallest absolute Gasteiger partial charge is 0.256 e. The van der Waals surface area contributed by atoms with Crippen molar-refractivity contribution in [3.05, 3.63) is 41.3 Å². The molecule has 1 amide bonds. The number of fused-ring (bicyclic) bond motifs is 2. The minimum atomic E-state index is -0.314. The molecule has 2 aliphatic rings. The third-order valence-corrected chi connectivity index (χ3v) is 4.94. The van der Waals surface area contributed by atoms with E-state index < -0.39 is 0 Å². The number of pyridine rings is 1. The van der Waals surface area contributed by atoms with E-state index in [1.54, 1.807) is 6.07 Å². The lowest BCUT2D eigenvalue weighted by Crippen LogP contribution is -2.51. The van der Waals surface area contributed by atoms with Crippen molar-refractivity contribution >= 4 is 16.8 Å². The largest absolute Gasteiger partial charge is 0.374 e. The minimum Gasteiger partial charge on any atom is -0.374 e. The van der Waals surface area contributed by atoms with Gasteiger partial charge in [0.15, 0.2) is 0 Å². The number of aromatic nitrogens is 1. The Balaban J connectivity index is 1.71. The Bertz CT molecular complexity index is 777. The Kier molecular flexibility index (Phi) is 3.53. The van der Waals surface area contributed by atoms with Crippen LogP contribution >= 0.6 is 0 Å². The molecule has 0 bridgehead atoms. The molecule has 2 aromatic rings. The minimum absolute atomic E-state index is 0.0152. The van der Waals surface area contributed by atoms with Gasteiger partial charge in [-0.15, -0.1) is 0 Å². The summed E-state index contributed by atoms with van der Waals surface area (Å²) in [6, 6.07) is 6.48. The quantitative estimate of drug-likeness (QED) is 0.812. The maximum absolute atomic E-state index is 13.3. The van der Waals surface area contributed by atoms with Crippen LogP contribution in [0.3, 0.4) is 0 Å². The molecular formula is C18H19FN2O2. The lowest BCUT2D eigenvalue weighted by molar-refractivity contribution is -0.0445. The zero-order valence-electron chi connectivity index (χ0n) is 13.1. The molecule has 1 saturated carbocycles. The Morgan fingerprint density at radius 2 is 2.22 bits per heavy atom. The highest BCUT2D eigenvalue weighted by molar-refractivity contribution is 5.99. The Morgan fingerprint density at radius 3 is 3.09 bits per heavy atom. The third kappa shape index (κ3) is 2.49. The Hall–Kier alpha value is -2.01. The normalized spacial score (nSPS) is 24.0. The summed E-state index contributed by atoms with van der Waals surface area (Å²) in [4.78, 5) is 19.4. The topological polar surface area (TPSA) is 42.4 Å². The second-order valence-corrected chi connectivity index (χ2v) is 6.36. The molecule has 0 unspecified atom stereocenters. The number of nitrogens with zero attached hydrogens (tertiary/aromatic N) is 2. The predicted molar refractivity (Wildman–Crippen MR) is 84.9 cm³/mol. The van der Waals surface area contributed by atoms with Crippen molar-refractivity contribution in [2.24, 2.45) is 0 Å². The molecule has 2 heterocycles. The molecule has 4 nitrogen and oxygen atoms in total. The number of halogens is 1. The van der Waals surface area contributed by atoms with Gasteiger partial charge in [0.05, 0.1) is 35.5 Å². The van der Waals surface area contributed by atoms with Crippen LogP contribution in [0.25, 0.3) is 10.9 Å². The number of ether oxygens (including phenoxy) is 1. The highest BCUT2D eigenvalue weighted by atomic mass is 19.1. The summed E-state index contributed by atoms with van der Waals surface area (Å²) in [7, 11) is 0. The first-order valence-corrected chi connectivity index (χ1v) is 8.13. The van der Waals surface area contributed by atoms with Gasteiger partial charge >= 0.3 is 0 Å². The number of carbonyl (C=O) groups is 1. The SMILES string of the molecule is Cc1nc2cc(F)ccc2cc1C(=O)N1CCO[C@H]2CCC[C@@H]21. The predicted octanol–water partition coefficient (Wildman–Crippen LogP) is 3.08. The summed E-state index contributed by atoms with van der Waals surface area (Å²) in [5.74, 6) is -0.299. The fourth-order valence-electron chi connectivity index (χ4n) is 3.79. The van der Waals surface area contributed by atoms with Crippen molar-refractivity contribution in [1.82, 2.24) is 9.88 Å². The maximum Gasteiger partial charge on any atom is 0.256 e. The van der Waals surface area contributed by atoms with Crippen molar-refractivity contribution in [3.63, 3.8) is 0 Å². The number of morpholine rings is 1. The summed E-state index contributed by atoms with van der Waals surface area (Å²) >= 11 is 0. The fourth-order valence-corrected chi connectivity index (χ4v) is 3.79. The van der Waals surface area contributed by atoms with Gasteiger partial charge in [0.2, 0.25) is 0 Å². The highest BCUT2D eigenvalue weighted by Gasteiger charge is 2.39. The molecule has 5 heteroatoms. The van der Waals surface area contributed by atoms with E-state index in [0.29, 0.717) is 29.9 Å². The van der Waals surface area contributed by atoms with Crippen LogP contribution in [-0.2, 0) is 4.74 Å². The van der Waals surface area contributed by atoms with E-state index >= 15 is 0 Å². The highest BCUT2D eigenvalue weighted by Crippen LogP contribution is 2.31. The molecule has 2 fully saturated rings. The van der Waals surface area contributed by atoms with Gasteiger partial charge in [-0.1, -0.05) is 0 Å². The van der Waals surface area contributed by atoms with Gasteiger partial charge in [0.1, 0.15) is 5.82 Å². The molecule has 120 valence electrons. The molecule has 0 spiro atoms. The van der Waals surface area contributed by atoms with Crippen molar-refractivity contribution in [2.75, 3.05) is 13.2 Å². The molecule has 0 N–H and O–H groups in total. The lowest BCUT2D eigenvalue weighted by Gasteiger charge is -2.37. The summed E-state index contributed by atoms with van der Waals surface area (Å²) < 4.78 is 19.1. The molecule has 0 radical (unpaired) electrons. The number of hydrogen-bond donors (Lipinski definition) is 0. The van der Waals surface area contributed by atoms with Crippen LogP contribution < -0.4 is 0 Å². The number of benzene rings is 1. The molecule has 23 heavy (non-hydrogen) atoms. The number of amides is 1. The third-order valence-electron chi connectivity index (χ3n) is 4.94. The zero-order valence-corrected chi connectivity index (χ0v) is 13.1. The Labute approximate surface area is 134 Å². The van der Waals surface area contributed by atoms with Crippen molar-refractivity contribution in [3.8, 4) is 0 Å². The number of hydrogen-bond acceptors (Lipinski definition) is 3. The number of carbonyl (C=O) groups excluding carboxylic acids is 1. The van der Waals surface area contributed by atoms with Gasteiger partial charge in [-0.2, -0.15) is 0 Å². The van der Waals surface area contributed by atoms with E-state index in [1.807, 2.05) is 17.9 Å². The zero-order chi connectivity index (χ0) is 16.0. The van der Waals surface area contributed by atoms with E-state index in [2.05, 4.69) is 4.98 Å². The van der Waals surface area contributed by atoms with Crippen LogP contribution in [0.5, 0.6) is 0 Å². The number of aryl methyl sites for hydroxylation is 1. The van der Waals surface area contributed by atoms with Crippen LogP contribution in [0, 0.1) is 12.7 Å². The molecule has 1 saturated heterocycles. The first-order valence-electron chi connectivity index (χ1n) is 8.13. The Morgan fingerprint density at radius 1 is 1.35 bits per heavy atom. The van der Waals surface area contributed by atoms with Gasteiger partial charge in [0, 0.05) is 18.0 Å². The van der Waals surface area contributed by atoms with E-state index in [1.165, 1.54) is 12.1 Å². The maximum atomic E-state index is 13.3. The van der Waals surface area contributed by atoms with Crippen LogP contribution in [0.15, 0.2) is 24.3 Å².